The summed E-state index contributed by atoms with van der Waals surface area (Å²) in [6.07, 6.45) is 1.78. The highest BCUT2D eigenvalue weighted by Crippen LogP contribution is 2.36. The molecule has 0 aliphatic carbocycles. The Morgan fingerprint density at radius 1 is 1.44 bits per heavy atom. The Bertz CT molecular complexity index is 371. The second-order valence-corrected chi connectivity index (χ2v) is 5.31. The van der Waals surface area contributed by atoms with Crippen LogP contribution in [-0.4, -0.2) is 5.97 Å². The first-order valence-electron chi connectivity index (χ1n) is 4.69. The maximum atomic E-state index is 11.4. The average Bonchev–Trinajstić information content (AvgIpc) is 2.20. The molecule has 1 rings (SSSR count). The first kappa shape index (κ1) is 14.0. The molecule has 0 unspecified atom stereocenters. The van der Waals surface area contributed by atoms with E-state index in [2.05, 4.69) is 38.8 Å². The zero-order valence-electron chi connectivity index (χ0n) is 8.43. The second kappa shape index (κ2) is 6.62. The van der Waals surface area contributed by atoms with E-state index in [-0.39, 0.29) is 5.97 Å². The van der Waals surface area contributed by atoms with Crippen LogP contribution in [0.15, 0.2) is 21.1 Å². The van der Waals surface area contributed by atoms with Crippen LogP contribution >= 0.6 is 43.5 Å². The van der Waals surface area contributed by atoms with Crippen LogP contribution in [-0.2, 0) is 4.79 Å². The SMILES string of the molecule is [CH2]CCCC(=O)Oc1c(Cl)cc(Br)cc1Br. The molecule has 0 amide bonds. The third-order valence-electron chi connectivity index (χ3n) is 1.81. The van der Waals surface area contributed by atoms with Crippen LogP contribution in [0.25, 0.3) is 0 Å². The Morgan fingerprint density at radius 2 is 2.12 bits per heavy atom. The molecule has 87 valence electrons. The molecule has 0 saturated carbocycles. The number of hydrogen-bond acceptors (Lipinski definition) is 2. The average molecular weight is 369 g/mol. The molecule has 0 aliphatic heterocycles. The van der Waals surface area contributed by atoms with E-state index in [1.165, 1.54) is 0 Å². The summed E-state index contributed by atoms with van der Waals surface area (Å²) in [6, 6.07) is 3.45. The minimum absolute atomic E-state index is 0.298. The Kier molecular flexibility index (Phi) is 5.79. The fraction of sp³-hybridized carbons (Fsp3) is 0.273. The minimum Gasteiger partial charge on any atom is -0.424 e. The molecule has 2 nitrogen and oxygen atoms in total. The number of halogens is 3. The van der Waals surface area contributed by atoms with Crippen molar-refractivity contribution in [1.29, 1.82) is 0 Å². The number of ether oxygens (including phenoxy) is 1. The van der Waals surface area contributed by atoms with Crippen molar-refractivity contribution < 1.29 is 9.53 Å². The molecule has 0 heterocycles. The third-order valence-corrected chi connectivity index (χ3v) is 3.14. The summed E-state index contributed by atoms with van der Waals surface area (Å²) in [5.74, 6) is 0.0625. The minimum atomic E-state index is -0.298. The van der Waals surface area contributed by atoms with Crippen molar-refractivity contribution in [3.63, 3.8) is 0 Å². The molecule has 0 spiro atoms. The number of benzene rings is 1. The lowest BCUT2D eigenvalue weighted by atomic mass is 10.2. The van der Waals surface area contributed by atoms with Gasteiger partial charge in [0.1, 0.15) is 0 Å². The Morgan fingerprint density at radius 3 is 2.69 bits per heavy atom. The summed E-state index contributed by atoms with van der Waals surface area (Å²) in [6.45, 7) is 3.66. The van der Waals surface area contributed by atoms with Crippen LogP contribution < -0.4 is 4.74 Å². The molecule has 1 radical (unpaired) electrons. The van der Waals surface area contributed by atoms with Crippen molar-refractivity contribution >= 4 is 49.4 Å². The Hall–Kier alpha value is -0.0600. The van der Waals surface area contributed by atoms with Crippen LogP contribution in [0.3, 0.4) is 0 Å². The maximum absolute atomic E-state index is 11.4. The largest absolute Gasteiger partial charge is 0.424 e. The smallest absolute Gasteiger partial charge is 0.311 e. The zero-order chi connectivity index (χ0) is 12.1. The van der Waals surface area contributed by atoms with Gasteiger partial charge in [0.25, 0.3) is 0 Å². The lowest BCUT2D eigenvalue weighted by Gasteiger charge is -2.08. The normalized spacial score (nSPS) is 10.2. The van der Waals surface area contributed by atoms with E-state index in [0.717, 1.165) is 4.47 Å². The van der Waals surface area contributed by atoms with E-state index >= 15 is 0 Å². The molecule has 0 N–H and O–H groups in total. The van der Waals surface area contributed by atoms with Gasteiger partial charge in [-0.25, -0.2) is 0 Å². The number of unbranched alkanes of at least 4 members (excludes halogenated alkanes) is 1. The summed E-state index contributed by atoms with van der Waals surface area (Å²) >= 11 is 12.5. The topological polar surface area (TPSA) is 26.3 Å². The van der Waals surface area contributed by atoms with Gasteiger partial charge >= 0.3 is 5.97 Å². The van der Waals surface area contributed by atoms with Crippen LogP contribution in [0.2, 0.25) is 5.02 Å². The summed E-state index contributed by atoms with van der Waals surface area (Å²) < 4.78 is 6.64. The fourth-order valence-corrected chi connectivity index (χ4v) is 2.87. The number of rotatable bonds is 4. The van der Waals surface area contributed by atoms with Gasteiger partial charge in [-0.2, -0.15) is 0 Å². The van der Waals surface area contributed by atoms with Gasteiger partial charge in [-0.05, 0) is 34.5 Å². The molecule has 0 aliphatic rings. The quantitative estimate of drug-likeness (QED) is 0.564. The number of hydrogen-bond donors (Lipinski definition) is 0. The fourth-order valence-electron chi connectivity index (χ4n) is 1.06. The van der Waals surface area contributed by atoms with Gasteiger partial charge < -0.3 is 4.74 Å². The van der Waals surface area contributed by atoms with Crippen molar-refractivity contribution in [2.24, 2.45) is 0 Å². The van der Waals surface area contributed by atoms with Crippen LogP contribution in [0.1, 0.15) is 19.3 Å². The maximum Gasteiger partial charge on any atom is 0.311 e. The van der Waals surface area contributed by atoms with Gasteiger partial charge in [-0.15, -0.1) is 0 Å². The predicted octanol–water partition coefficient (Wildman–Crippen LogP) is 4.77. The van der Waals surface area contributed by atoms with E-state index in [1.54, 1.807) is 12.1 Å². The summed E-state index contributed by atoms with van der Waals surface area (Å²) in [5, 5.41) is 0.393. The van der Waals surface area contributed by atoms with E-state index in [0.29, 0.717) is 34.5 Å². The molecule has 0 aromatic heterocycles. The summed E-state index contributed by atoms with van der Waals surface area (Å²) in [7, 11) is 0. The highest BCUT2D eigenvalue weighted by atomic mass is 79.9. The van der Waals surface area contributed by atoms with E-state index in [4.69, 9.17) is 16.3 Å². The van der Waals surface area contributed by atoms with Crippen molar-refractivity contribution in [3.05, 3.63) is 33.0 Å². The molecule has 0 bridgehead atoms. The molecule has 0 fully saturated rings. The van der Waals surface area contributed by atoms with Gasteiger partial charge in [0.05, 0.1) is 9.50 Å². The van der Waals surface area contributed by atoms with E-state index < -0.39 is 0 Å². The Labute approximate surface area is 117 Å². The van der Waals surface area contributed by atoms with Crippen molar-refractivity contribution in [3.8, 4) is 5.75 Å². The van der Waals surface area contributed by atoms with Gasteiger partial charge in [0, 0.05) is 10.9 Å². The molecule has 0 saturated heterocycles. The van der Waals surface area contributed by atoms with Gasteiger partial charge in [-0.3, -0.25) is 4.79 Å². The van der Waals surface area contributed by atoms with Crippen molar-refractivity contribution in [2.75, 3.05) is 0 Å². The third kappa shape index (κ3) is 4.07. The number of esters is 1. The summed E-state index contributed by atoms with van der Waals surface area (Å²) in [5.41, 5.74) is 0. The number of carbonyl (C=O) groups is 1. The molecular formula is C11H10Br2ClO2. The van der Waals surface area contributed by atoms with E-state index in [9.17, 15) is 4.79 Å². The van der Waals surface area contributed by atoms with Crippen LogP contribution in [0.5, 0.6) is 5.75 Å². The highest BCUT2D eigenvalue weighted by molar-refractivity contribution is 9.11. The number of carbonyl (C=O) groups excluding carboxylic acids is 1. The first-order valence-corrected chi connectivity index (χ1v) is 6.65. The van der Waals surface area contributed by atoms with Crippen LogP contribution in [0, 0.1) is 6.92 Å². The molecule has 1 aromatic carbocycles. The molecule has 0 atom stereocenters. The molecule has 5 heteroatoms. The Balaban J connectivity index is 2.77. The highest BCUT2D eigenvalue weighted by Gasteiger charge is 2.12. The second-order valence-electron chi connectivity index (χ2n) is 3.13. The van der Waals surface area contributed by atoms with E-state index in [1.807, 2.05) is 0 Å². The monoisotopic (exact) mass is 367 g/mol. The summed E-state index contributed by atoms with van der Waals surface area (Å²) in [4.78, 5) is 11.4. The van der Waals surface area contributed by atoms with Crippen LogP contribution in [0.4, 0.5) is 0 Å². The molecule has 16 heavy (non-hydrogen) atoms. The van der Waals surface area contributed by atoms with Gasteiger partial charge in [0.2, 0.25) is 0 Å². The predicted molar refractivity (Wildman–Crippen MR) is 71.7 cm³/mol. The van der Waals surface area contributed by atoms with Gasteiger partial charge in [0.15, 0.2) is 5.75 Å². The lowest BCUT2D eigenvalue weighted by molar-refractivity contribution is -0.134. The molecular weight excluding hydrogens is 359 g/mol. The zero-order valence-corrected chi connectivity index (χ0v) is 12.4. The first-order chi connectivity index (χ1) is 7.54. The molecule has 1 aromatic rings. The van der Waals surface area contributed by atoms with Crippen molar-refractivity contribution in [2.45, 2.75) is 19.3 Å². The standard InChI is InChI=1S/C11H10Br2ClO2/c1-2-3-4-10(15)16-11-8(13)5-7(12)6-9(11)14/h5-6H,1-4H2. The van der Waals surface area contributed by atoms with Crippen molar-refractivity contribution in [1.82, 2.24) is 0 Å². The lowest BCUT2D eigenvalue weighted by Crippen LogP contribution is -2.08. The van der Waals surface area contributed by atoms with Gasteiger partial charge in [-0.1, -0.05) is 40.9 Å².